The lowest BCUT2D eigenvalue weighted by molar-refractivity contribution is 0.621. The molecule has 0 fully saturated rings. The summed E-state index contributed by atoms with van der Waals surface area (Å²) >= 11 is 1.73. The van der Waals surface area contributed by atoms with Crippen LogP contribution < -0.4 is 5.32 Å². The number of thioether (sulfide) groups is 1. The third kappa shape index (κ3) is 3.07. The molecule has 1 aromatic rings. The molecule has 1 heterocycles. The average molecular weight is 270 g/mol. The van der Waals surface area contributed by atoms with E-state index < -0.39 is 0 Å². The van der Waals surface area contributed by atoms with E-state index >= 15 is 0 Å². The molecule has 0 aliphatic carbocycles. The van der Waals surface area contributed by atoms with Crippen LogP contribution in [-0.4, -0.2) is 17.0 Å². The van der Waals surface area contributed by atoms with Crippen molar-refractivity contribution in [3.8, 4) is 12.1 Å². The molecule has 4 nitrogen and oxygen atoms in total. The summed E-state index contributed by atoms with van der Waals surface area (Å²) in [6.45, 7) is 5.20. The van der Waals surface area contributed by atoms with E-state index in [-0.39, 0.29) is 0 Å². The van der Waals surface area contributed by atoms with Crippen molar-refractivity contribution in [3.63, 3.8) is 0 Å². The Bertz CT molecular complexity index is 592. The van der Waals surface area contributed by atoms with Crippen LogP contribution in [0.2, 0.25) is 0 Å². The molecule has 19 heavy (non-hydrogen) atoms. The van der Waals surface area contributed by atoms with Gasteiger partial charge in [0, 0.05) is 10.9 Å². The molecule has 0 radical (unpaired) electrons. The molecule has 0 spiro atoms. The zero-order chi connectivity index (χ0) is 13.8. The highest BCUT2D eigenvalue weighted by atomic mass is 32.2. The number of nitrogens with zero attached hydrogens (tertiary/aromatic N) is 3. The van der Waals surface area contributed by atoms with Crippen LogP contribution >= 0.6 is 11.8 Å². The number of aliphatic imine (C=N–C) groups is 1. The van der Waals surface area contributed by atoms with Crippen molar-refractivity contribution in [3.05, 3.63) is 29.3 Å². The molecule has 0 aromatic heterocycles. The summed E-state index contributed by atoms with van der Waals surface area (Å²) in [6.07, 6.45) is 0. The van der Waals surface area contributed by atoms with Crippen LogP contribution in [0.15, 0.2) is 23.2 Å². The van der Waals surface area contributed by atoms with Gasteiger partial charge in [0.05, 0.1) is 17.7 Å². The third-order valence-corrected chi connectivity index (χ3v) is 4.38. The van der Waals surface area contributed by atoms with Crippen LogP contribution in [0.1, 0.15) is 25.0 Å². The molecular formula is C14H14N4S. The maximum atomic E-state index is 8.99. The van der Waals surface area contributed by atoms with E-state index in [1.54, 1.807) is 30.0 Å². The third-order valence-electron chi connectivity index (χ3n) is 2.93. The van der Waals surface area contributed by atoms with Crippen molar-refractivity contribution in [2.75, 3.05) is 11.9 Å². The second kappa shape index (κ2) is 5.77. The van der Waals surface area contributed by atoms with E-state index in [1.807, 2.05) is 12.1 Å². The Morgan fingerprint density at radius 1 is 1.32 bits per heavy atom. The van der Waals surface area contributed by atoms with Crippen LogP contribution in [0.4, 0.5) is 5.69 Å². The van der Waals surface area contributed by atoms with Gasteiger partial charge in [0.1, 0.15) is 12.1 Å². The van der Waals surface area contributed by atoms with Gasteiger partial charge in [-0.2, -0.15) is 10.5 Å². The molecular weight excluding hydrogens is 256 g/mol. The quantitative estimate of drug-likeness (QED) is 0.896. The number of anilines is 1. The van der Waals surface area contributed by atoms with E-state index in [0.717, 1.165) is 17.4 Å². The van der Waals surface area contributed by atoms with Crippen molar-refractivity contribution in [2.24, 2.45) is 10.9 Å². The second-order valence-electron chi connectivity index (χ2n) is 4.66. The Balaban J connectivity index is 2.10. The Morgan fingerprint density at radius 3 is 2.63 bits per heavy atom. The first-order chi connectivity index (χ1) is 9.13. The van der Waals surface area contributed by atoms with Crippen molar-refractivity contribution < 1.29 is 0 Å². The van der Waals surface area contributed by atoms with Gasteiger partial charge >= 0.3 is 0 Å². The number of hydrogen-bond acceptors (Lipinski definition) is 5. The molecule has 1 atom stereocenters. The summed E-state index contributed by atoms with van der Waals surface area (Å²) in [7, 11) is 0. The maximum Gasteiger partial charge on any atom is 0.161 e. The summed E-state index contributed by atoms with van der Waals surface area (Å²) in [6, 6.07) is 9.17. The lowest BCUT2D eigenvalue weighted by Crippen LogP contribution is -2.13. The molecule has 96 valence electrons. The zero-order valence-corrected chi connectivity index (χ0v) is 11.7. The van der Waals surface area contributed by atoms with E-state index in [2.05, 4.69) is 24.2 Å². The molecule has 5 heteroatoms. The lowest BCUT2D eigenvalue weighted by atomic mass is 10.1. The fourth-order valence-electron chi connectivity index (χ4n) is 1.74. The minimum Gasteiger partial charge on any atom is -0.335 e. The fraction of sp³-hybridized carbons (Fsp3) is 0.357. The van der Waals surface area contributed by atoms with Crippen LogP contribution in [0.5, 0.6) is 0 Å². The van der Waals surface area contributed by atoms with Gasteiger partial charge in [-0.3, -0.25) is 4.99 Å². The topological polar surface area (TPSA) is 72.0 Å². The average Bonchev–Trinajstić information content (AvgIpc) is 2.87. The molecule has 1 N–H and O–H groups in total. The molecule has 1 aromatic carbocycles. The number of amidine groups is 1. The number of nitrogens with one attached hydrogen (secondary N) is 1. The maximum absolute atomic E-state index is 8.99. The van der Waals surface area contributed by atoms with Crippen molar-refractivity contribution in [1.82, 2.24) is 0 Å². The van der Waals surface area contributed by atoms with Gasteiger partial charge in [0.25, 0.3) is 0 Å². The van der Waals surface area contributed by atoms with Crippen LogP contribution in [0, 0.1) is 28.6 Å². The zero-order valence-electron chi connectivity index (χ0n) is 10.8. The molecule has 0 saturated heterocycles. The Morgan fingerprint density at radius 2 is 2.05 bits per heavy atom. The second-order valence-corrected chi connectivity index (χ2v) is 5.88. The summed E-state index contributed by atoms with van der Waals surface area (Å²) < 4.78 is 0. The van der Waals surface area contributed by atoms with E-state index in [4.69, 9.17) is 10.5 Å². The predicted molar refractivity (Wildman–Crippen MR) is 78.0 cm³/mol. The number of hydrogen-bond donors (Lipinski definition) is 1. The fourth-order valence-corrected chi connectivity index (χ4v) is 2.78. The number of nitriles is 2. The van der Waals surface area contributed by atoms with Gasteiger partial charge in [-0.05, 0) is 24.1 Å². The molecule has 0 bridgehead atoms. The summed E-state index contributed by atoms with van der Waals surface area (Å²) in [5.74, 6) is 0.587. The molecule has 1 aliphatic rings. The lowest BCUT2D eigenvalue weighted by Gasteiger charge is -2.12. The van der Waals surface area contributed by atoms with Gasteiger partial charge in [-0.15, -0.1) is 0 Å². The monoisotopic (exact) mass is 270 g/mol. The van der Waals surface area contributed by atoms with Crippen molar-refractivity contribution >= 4 is 22.6 Å². The minimum absolute atomic E-state index is 0.386. The molecule has 1 unspecified atom stereocenters. The van der Waals surface area contributed by atoms with E-state index in [9.17, 15) is 0 Å². The molecule has 0 saturated carbocycles. The van der Waals surface area contributed by atoms with Gasteiger partial charge in [-0.1, -0.05) is 25.6 Å². The van der Waals surface area contributed by atoms with E-state index in [1.165, 1.54) is 0 Å². The minimum atomic E-state index is 0.386. The highest BCUT2D eigenvalue weighted by Gasteiger charge is 2.22. The van der Waals surface area contributed by atoms with Gasteiger partial charge in [-0.25, -0.2) is 0 Å². The first kappa shape index (κ1) is 13.5. The normalized spacial score (nSPS) is 17.7. The smallest absolute Gasteiger partial charge is 0.161 e. The number of rotatable bonds is 2. The predicted octanol–water partition coefficient (Wildman–Crippen LogP) is 2.97. The van der Waals surface area contributed by atoms with Gasteiger partial charge in [0.2, 0.25) is 0 Å². The Labute approximate surface area is 117 Å². The van der Waals surface area contributed by atoms with Crippen molar-refractivity contribution in [1.29, 1.82) is 10.5 Å². The first-order valence-electron chi connectivity index (χ1n) is 6.06. The van der Waals surface area contributed by atoms with Gasteiger partial charge in [0.15, 0.2) is 5.17 Å². The largest absolute Gasteiger partial charge is 0.335 e. The SMILES string of the molecule is CC(C)C1CN=C(Nc2ccc(C#N)c(C#N)c2)S1. The molecule has 1 aliphatic heterocycles. The number of benzene rings is 1. The first-order valence-corrected chi connectivity index (χ1v) is 6.94. The standard InChI is InChI=1S/C14H14N4S/c1-9(2)13-8-17-14(19-13)18-12-4-3-10(6-15)11(5-12)7-16/h3-5,9,13H,8H2,1-2H3,(H,17,18). The van der Waals surface area contributed by atoms with Gasteiger partial charge < -0.3 is 5.32 Å². The Kier molecular flexibility index (Phi) is 4.09. The molecule has 0 amide bonds. The van der Waals surface area contributed by atoms with E-state index in [0.29, 0.717) is 22.3 Å². The summed E-state index contributed by atoms with van der Waals surface area (Å²) in [5, 5.41) is 22.5. The summed E-state index contributed by atoms with van der Waals surface area (Å²) in [5.41, 5.74) is 1.58. The van der Waals surface area contributed by atoms with Crippen LogP contribution in [0.3, 0.4) is 0 Å². The highest BCUT2D eigenvalue weighted by molar-refractivity contribution is 8.15. The highest BCUT2D eigenvalue weighted by Crippen LogP contribution is 2.28. The van der Waals surface area contributed by atoms with Crippen LogP contribution in [0.25, 0.3) is 0 Å². The Hall–Kier alpha value is -1.98. The molecule has 2 rings (SSSR count). The van der Waals surface area contributed by atoms with Crippen molar-refractivity contribution in [2.45, 2.75) is 19.1 Å². The summed E-state index contributed by atoms with van der Waals surface area (Å²) in [4.78, 5) is 4.45. The van der Waals surface area contributed by atoms with Crippen LogP contribution in [-0.2, 0) is 0 Å².